The van der Waals surface area contributed by atoms with E-state index < -0.39 is 10.0 Å². The van der Waals surface area contributed by atoms with E-state index in [1.54, 1.807) is 4.31 Å². The number of likely N-dealkylation sites (tertiary alicyclic amines) is 1. The van der Waals surface area contributed by atoms with Gasteiger partial charge in [0, 0.05) is 32.2 Å². The number of nitrogens with two attached hydrogens (primary N) is 1. The van der Waals surface area contributed by atoms with Crippen molar-refractivity contribution in [3.8, 4) is 0 Å². The van der Waals surface area contributed by atoms with E-state index in [0.29, 0.717) is 23.8 Å². The van der Waals surface area contributed by atoms with Crippen LogP contribution in [0.5, 0.6) is 0 Å². The molecule has 0 spiro atoms. The zero-order valence-corrected chi connectivity index (χ0v) is 12.3. The third-order valence-electron chi connectivity index (χ3n) is 3.69. The van der Waals surface area contributed by atoms with Crippen LogP contribution in [0.2, 0.25) is 0 Å². The average molecular weight is 291 g/mol. The minimum absolute atomic E-state index is 0.169. The highest BCUT2D eigenvalue weighted by Gasteiger charge is 2.39. The van der Waals surface area contributed by atoms with E-state index in [-0.39, 0.29) is 12.0 Å². The van der Waals surface area contributed by atoms with Gasteiger partial charge in [-0.05, 0) is 18.8 Å². The van der Waals surface area contributed by atoms with Crippen molar-refractivity contribution in [1.82, 2.24) is 9.21 Å². The number of hydrogen-bond donors (Lipinski definition) is 1. The van der Waals surface area contributed by atoms with Crippen LogP contribution in [0.25, 0.3) is 0 Å². The molecule has 0 aromatic rings. The molecule has 104 valence electrons. The van der Waals surface area contributed by atoms with E-state index in [4.69, 9.17) is 18.0 Å². The Morgan fingerprint density at radius 1 is 1.39 bits per heavy atom. The molecule has 1 unspecified atom stereocenters. The molecule has 2 rings (SSSR count). The molecule has 0 aromatic heterocycles. The van der Waals surface area contributed by atoms with Gasteiger partial charge in [0.2, 0.25) is 10.0 Å². The third-order valence-corrected chi connectivity index (χ3v) is 5.97. The van der Waals surface area contributed by atoms with Crippen LogP contribution in [0.15, 0.2) is 0 Å². The van der Waals surface area contributed by atoms with Crippen molar-refractivity contribution in [2.24, 2.45) is 11.7 Å². The highest BCUT2D eigenvalue weighted by atomic mass is 32.2. The maximum atomic E-state index is 12.0. The van der Waals surface area contributed by atoms with Crippen LogP contribution in [0, 0.1) is 5.92 Å². The molecule has 2 aliphatic heterocycles. The molecule has 0 amide bonds. The zero-order chi connectivity index (χ0) is 13.3. The summed E-state index contributed by atoms with van der Waals surface area (Å²) in [6.07, 6.45) is 1.77. The standard InChI is InChI=1S/C11H21N3O2S2/c1-9-6-14(18(15,16)8-9)10-2-4-13(5-3-10)7-11(12)17/h9-10H,2-8H2,1H3,(H2,12,17). The predicted molar refractivity (Wildman–Crippen MR) is 75.9 cm³/mol. The second kappa shape index (κ2) is 5.40. The zero-order valence-electron chi connectivity index (χ0n) is 10.7. The van der Waals surface area contributed by atoms with E-state index in [9.17, 15) is 8.42 Å². The van der Waals surface area contributed by atoms with Gasteiger partial charge in [0.1, 0.15) is 0 Å². The van der Waals surface area contributed by atoms with Gasteiger partial charge in [0.15, 0.2) is 0 Å². The fraction of sp³-hybridized carbons (Fsp3) is 0.909. The highest BCUT2D eigenvalue weighted by molar-refractivity contribution is 7.89. The van der Waals surface area contributed by atoms with E-state index >= 15 is 0 Å². The summed E-state index contributed by atoms with van der Waals surface area (Å²) in [6.45, 7) is 5.08. The lowest BCUT2D eigenvalue weighted by Crippen LogP contribution is -2.47. The molecule has 1 atom stereocenters. The Labute approximate surface area is 114 Å². The smallest absolute Gasteiger partial charge is 0.214 e. The van der Waals surface area contributed by atoms with Crippen molar-refractivity contribution in [2.45, 2.75) is 25.8 Å². The van der Waals surface area contributed by atoms with Crippen molar-refractivity contribution >= 4 is 27.2 Å². The average Bonchev–Trinajstić information content (AvgIpc) is 2.52. The Hall–Kier alpha value is -0.240. The molecule has 0 aromatic carbocycles. The van der Waals surface area contributed by atoms with Crippen LogP contribution < -0.4 is 5.73 Å². The van der Waals surface area contributed by atoms with Crippen molar-refractivity contribution in [3.63, 3.8) is 0 Å². The molecule has 0 radical (unpaired) electrons. The fourth-order valence-corrected chi connectivity index (χ4v) is 5.24. The summed E-state index contributed by atoms with van der Waals surface area (Å²) < 4.78 is 25.7. The van der Waals surface area contributed by atoms with Crippen molar-refractivity contribution in [3.05, 3.63) is 0 Å². The van der Waals surface area contributed by atoms with Crippen LogP contribution in [0.4, 0.5) is 0 Å². The summed E-state index contributed by atoms with van der Waals surface area (Å²) in [5, 5.41) is 0. The van der Waals surface area contributed by atoms with Gasteiger partial charge < -0.3 is 5.73 Å². The number of nitrogens with zero attached hydrogens (tertiary/aromatic N) is 2. The largest absolute Gasteiger partial charge is 0.392 e. The number of sulfonamides is 1. The van der Waals surface area contributed by atoms with Crippen molar-refractivity contribution in [2.75, 3.05) is 31.9 Å². The van der Waals surface area contributed by atoms with E-state index in [0.717, 1.165) is 25.9 Å². The summed E-state index contributed by atoms with van der Waals surface area (Å²) in [7, 11) is -3.01. The van der Waals surface area contributed by atoms with E-state index in [1.807, 2.05) is 6.92 Å². The van der Waals surface area contributed by atoms with Gasteiger partial charge in [-0.2, -0.15) is 4.31 Å². The molecule has 2 heterocycles. The quantitative estimate of drug-likeness (QED) is 0.743. The summed E-state index contributed by atoms with van der Waals surface area (Å²) >= 11 is 4.89. The Morgan fingerprint density at radius 3 is 2.44 bits per heavy atom. The Morgan fingerprint density at radius 2 is 2.00 bits per heavy atom. The molecular weight excluding hydrogens is 270 g/mol. The normalized spacial score (nSPS) is 30.6. The van der Waals surface area contributed by atoms with E-state index in [2.05, 4.69) is 4.90 Å². The summed E-state index contributed by atoms with van der Waals surface area (Å²) in [5.41, 5.74) is 5.52. The molecule has 5 nitrogen and oxygen atoms in total. The molecule has 2 aliphatic rings. The van der Waals surface area contributed by atoms with Gasteiger partial charge in [-0.25, -0.2) is 8.42 Å². The SMILES string of the molecule is CC1CN(C2CCN(CC(N)=S)CC2)S(=O)(=O)C1. The summed E-state index contributed by atoms with van der Waals surface area (Å²) in [4.78, 5) is 2.71. The Balaban J connectivity index is 1.92. The van der Waals surface area contributed by atoms with Crippen molar-refractivity contribution in [1.29, 1.82) is 0 Å². The van der Waals surface area contributed by atoms with Crippen LogP contribution in [0.1, 0.15) is 19.8 Å². The first-order valence-electron chi connectivity index (χ1n) is 6.38. The van der Waals surface area contributed by atoms with Gasteiger partial charge in [0.05, 0.1) is 10.7 Å². The molecule has 2 N–H and O–H groups in total. The first-order valence-corrected chi connectivity index (χ1v) is 8.40. The third kappa shape index (κ3) is 3.20. The monoisotopic (exact) mass is 291 g/mol. The van der Waals surface area contributed by atoms with Gasteiger partial charge in [-0.1, -0.05) is 19.1 Å². The second-order valence-corrected chi connectivity index (χ2v) is 7.92. The van der Waals surface area contributed by atoms with Gasteiger partial charge in [0.25, 0.3) is 0 Å². The highest BCUT2D eigenvalue weighted by Crippen LogP contribution is 2.26. The lowest BCUT2D eigenvalue weighted by Gasteiger charge is -2.35. The van der Waals surface area contributed by atoms with Gasteiger partial charge >= 0.3 is 0 Å². The molecule has 18 heavy (non-hydrogen) atoms. The number of piperidine rings is 1. The second-order valence-electron chi connectivity index (χ2n) is 5.43. The lowest BCUT2D eigenvalue weighted by molar-refractivity contribution is 0.175. The van der Waals surface area contributed by atoms with Crippen LogP contribution in [-0.2, 0) is 10.0 Å². The molecule has 0 bridgehead atoms. The molecule has 0 saturated carbocycles. The Kier molecular flexibility index (Phi) is 4.25. The molecule has 2 saturated heterocycles. The number of hydrogen-bond acceptors (Lipinski definition) is 4. The maximum Gasteiger partial charge on any atom is 0.214 e. The van der Waals surface area contributed by atoms with E-state index in [1.165, 1.54) is 0 Å². The first-order chi connectivity index (χ1) is 8.38. The fourth-order valence-electron chi connectivity index (χ4n) is 2.89. The molecule has 7 heteroatoms. The van der Waals surface area contributed by atoms with Gasteiger partial charge in [-0.3, -0.25) is 4.90 Å². The maximum absolute atomic E-state index is 12.0. The minimum atomic E-state index is -3.01. The molecule has 0 aliphatic carbocycles. The van der Waals surface area contributed by atoms with Crippen LogP contribution in [0.3, 0.4) is 0 Å². The summed E-state index contributed by atoms with van der Waals surface area (Å²) in [6, 6.07) is 0.169. The molecule has 2 fully saturated rings. The van der Waals surface area contributed by atoms with Gasteiger partial charge in [-0.15, -0.1) is 0 Å². The summed E-state index contributed by atoms with van der Waals surface area (Å²) in [5.74, 6) is 0.560. The predicted octanol–water partition coefficient (Wildman–Crippen LogP) is 0.0184. The Bertz CT molecular complexity index is 416. The topological polar surface area (TPSA) is 66.6 Å². The van der Waals surface area contributed by atoms with Crippen LogP contribution >= 0.6 is 12.2 Å². The van der Waals surface area contributed by atoms with Crippen LogP contribution in [-0.4, -0.2) is 60.6 Å². The minimum Gasteiger partial charge on any atom is -0.392 e. The number of rotatable bonds is 3. The molecular formula is C11H21N3O2S2. The number of thiocarbonyl (C=S) groups is 1. The van der Waals surface area contributed by atoms with Crippen molar-refractivity contribution < 1.29 is 8.42 Å². The lowest BCUT2D eigenvalue weighted by atomic mass is 10.0. The first kappa shape index (κ1) is 14.2.